The number of hydrogen-bond donors (Lipinski definition) is 2. The van der Waals surface area contributed by atoms with E-state index in [1.165, 1.54) is 18.1 Å². The Morgan fingerprint density at radius 1 is 0.925 bits per heavy atom. The monoisotopic (exact) mass is 567 g/mol. The van der Waals surface area contributed by atoms with E-state index >= 15 is 0 Å². The van der Waals surface area contributed by atoms with Gasteiger partial charge in [-0.25, -0.2) is 14.8 Å². The molecule has 0 fully saturated rings. The zero-order chi connectivity index (χ0) is 28.5. The van der Waals surface area contributed by atoms with Gasteiger partial charge >= 0.3 is 6.03 Å². The highest BCUT2D eigenvalue weighted by molar-refractivity contribution is 7.99. The zero-order valence-corrected chi connectivity index (χ0v) is 24.0. The molecule has 2 N–H and O–H groups in total. The van der Waals surface area contributed by atoms with Crippen molar-refractivity contribution in [3.05, 3.63) is 54.6 Å². The van der Waals surface area contributed by atoms with Crippen molar-refractivity contribution >= 4 is 40.2 Å². The van der Waals surface area contributed by atoms with Crippen LogP contribution >= 0.6 is 11.8 Å². The second-order valence-electron chi connectivity index (χ2n) is 9.71. The number of urea groups is 1. The van der Waals surface area contributed by atoms with Crippen LogP contribution in [0.15, 0.2) is 63.2 Å². The maximum atomic E-state index is 12.6. The molecule has 40 heavy (non-hydrogen) atoms. The lowest BCUT2D eigenvalue weighted by Gasteiger charge is -2.14. The fraction of sp³-hybridized carbons (Fsp3) is 0.357. The first-order chi connectivity index (χ1) is 19.3. The average molecular weight is 568 g/mol. The van der Waals surface area contributed by atoms with Gasteiger partial charge in [0.05, 0.1) is 18.7 Å². The van der Waals surface area contributed by atoms with Crippen molar-refractivity contribution in [1.29, 1.82) is 0 Å². The minimum Gasteiger partial charge on any atom is -0.487 e. The van der Waals surface area contributed by atoms with Gasteiger partial charge in [-0.1, -0.05) is 43.8 Å². The van der Waals surface area contributed by atoms with E-state index in [1.807, 2.05) is 51.1 Å². The van der Waals surface area contributed by atoms with Gasteiger partial charge < -0.3 is 28.8 Å². The molecule has 11 nitrogen and oxygen atoms in total. The standard InChI is InChI=1S/C28H33N5O6S/c1-28(2,3)24-16-25(33-39-24)32-27(34)31-18-7-6-8-19(13-18)40-26-20-14-22(37-11-9-35-4)23(38-12-10-36-5)15-21(20)29-17-30-26/h6-8,13-17H,9-12H2,1-5H3,(H2,31,32,33,34). The van der Waals surface area contributed by atoms with E-state index in [9.17, 15) is 4.79 Å². The molecule has 0 saturated carbocycles. The fourth-order valence-corrected chi connectivity index (χ4v) is 4.46. The molecule has 0 aliphatic rings. The maximum Gasteiger partial charge on any atom is 0.324 e. The fourth-order valence-electron chi connectivity index (χ4n) is 3.53. The third-order valence-electron chi connectivity index (χ3n) is 5.55. The van der Waals surface area contributed by atoms with Gasteiger partial charge in [0.15, 0.2) is 17.3 Å². The number of carbonyl (C=O) groups is 1. The number of methoxy groups -OCH3 is 2. The number of rotatable bonds is 12. The van der Waals surface area contributed by atoms with E-state index in [-0.39, 0.29) is 5.41 Å². The van der Waals surface area contributed by atoms with Gasteiger partial charge in [0.2, 0.25) is 0 Å². The van der Waals surface area contributed by atoms with E-state index in [2.05, 4.69) is 25.8 Å². The van der Waals surface area contributed by atoms with Crippen LogP contribution in [-0.2, 0) is 14.9 Å². The first kappa shape index (κ1) is 29.1. The molecule has 2 amide bonds. The third kappa shape index (κ3) is 7.84. The van der Waals surface area contributed by atoms with Crippen molar-refractivity contribution in [3.8, 4) is 11.5 Å². The summed E-state index contributed by atoms with van der Waals surface area (Å²) in [4.78, 5) is 22.4. The molecule has 0 spiro atoms. The van der Waals surface area contributed by atoms with Crippen LogP contribution in [0.25, 0.3) is 10.9 Å². The van der Waals surface area contributed by atoms with Gasteiger partial charge in [-0.05, 0) is 24.3 Å². The molecule has 2 heterocycles. The van der Waals surface area contributed by atoms with Crippen LogP contribution in [-0.4, -0.2) is 61.8 Å². The summed E-state index contributed by atoms with van der Waals surface area (Å²) >= 11 is 1.44. The summed E-state index contributed by atoms with van der Waals surface area (Å²) in [7, 11) is 3.23. The number of nitrogens with one attached hydrogen (secondary N) is 2. The lowest BCUT2D eigenvalue weighted by molar-refractivity contribution is 0.132. The SMILES string of the molecule is COCCOc1cc2ncnc(Sc3cccc(NC(=O)Nc4cc(C(C)(C)C)on4)c3)c2cc1OCCOC. The van der Waals surface area contributed by atoms with Gasteiger partial charge in [-0.2, -0.15) is 0 Å². The second-order valence-corrected chi connectivity index (χ2v) is 10.8. The second kappa shape index (κ2) is 13.5. The molecule has 2 aromatic heterocycles. The molecule has 0 radical (unpaired) electrons. The number of benzene rings is 2. The normalized spacial score (nSPS) is 11.4. The smallest absolute Gasteiger partial charge is 0.324 e. The minimum absolute atomic E-state index is 0.213. The van der Waals surface area contributed by atoms with Gasteiger partial charge in [-0.3, -0.25) is 5.32 Å². The van der Waals surface area contributed by atoms with Gasteiger partial charge in [0, 0.05) is 47.7 Å². The summed E-state index contributed by atoms with van der Waals surface area (Å²) in [6.45, 7) is 7.63. The summed E-state index contributed by atoms with van der Waals surface area (Å²) in [6, 6.07) is 12.4. The summed E-state index contributed by atoms with van der Waals surface area (Å²) < 4.78 is 27.4. The van der Waals surface area contributed by atoms with Gasteiger partial charge in [0.25, 0.3) is 0 Å². The number of nitrogens with zero attached hydrogens (tertiary/aromatic N) is 3. The highest BCUT2D eigenvalue weighted by Gasteiger charge is 2.20. The average Bonchev–Trinajstić information content (AvgIpc) is 3.39. The van der Waals surface area contributed by atoms with E-state index < -0.39 is 6.03 Å². The van der Waals surface area contributed by atoms with Crippen LogP contribution in [0, 0.1) is 0 Å². The van der Waals surface area contributed by atoms with Crippen LogP contribution in [0.3, 0.4) is 0 Å². The first-order valence-corrected chi connectivity index (χ1v) is 13.4. The number of aromatic nitrogens is 3. The molecule has 0 bridgehead atoms. The van der Waals surface area contributed by atoms with Crippen LogP contribution in [0.2, 0.25) is 0 Å². The van der Waals surface area contributed by atoms with Crippen LogP contribution in [0.5, 0.6) is 11.5 Å². The number of anilines is 2. The minimum atomic E-state index is -0.428. The van der Waals surface area contributed by atoms with Crippen molar-refractivity contribution in [3.63, 3.8) is 0 Å². The molecule has 0 atom stereocenters. The summed E-state index contributed by atoms with van der Waals surface area (Å²) in [5, 5.41) is 11.0. The molecule has 4 aromatic rings. The molecular weight excluding hydrogens is 534 g/mol. The van der Waals surface area contributed by atoms with Crippen LogP contribution in [0.1, 0.15) is 26.5 Å². The van der Waals surface area contributed by atoms with E-state index in [0.29, 0.717) is 60.7 Å². The highest BCUT2D eigenvalue weighted by atomic mass is 32.2. The topological polar surface area (TPSA) is 130 Å². The molecule has 0 saturated heterocycles. The predicted octanol–water partition coefficient (Wildman–Crippen LogP) is 5.76. The predicted molar refractivity (Wildman–Crippen MR) is 153 cm³/mol. The summed E-state index contributed by atoms with van der Waals surface area (Å²) in [5.41, 5.74) is 1.10. The van der Waals surface area contributed by atoms with Crippen LogP contribution in [0.4, 0.5) is 16.3 Å². The van der Waals surface area contributed by atoms with Crippen molar-refractivity contribution in [2.24, 2.45) is 0 Å². The Labute approximate surface area is 236 Å². The molecule has 0 aliphatic heterocycles. The van der Waals surface area contributed by atoms with E-state index in [4.69, 9.17) is 23.5 Å². The lowest BCUT2D eigenvalue weighted by Crippen LogP contribution is -2.19. The molecule has 212 valence electrons. The van der Waals surface area contributed by atoms with Crippen molar-refractivity contribution < 1.29 is 28.3 Å². The lowest BCUT2D eigenvalue weighted by atomic mass is 9.93. The Morgan fingerprint density at radius 2 is 1.65 bits per heavy atom. The van der Waals surface area contributed by atoms with Crippen LogP contribution < -0.4 is 20.1 Å². The Morgan fingerprint density at radius 3 is 2.33 bits per heavy atom. The Hall–Kier alpha value is -3.87. The van der Waals surface area contributed by atoms with Gasteiger partial charge in [0.1, 0.15) is 30.3 Å². The van der Waals surface area contributed by atoms with Gasteiger partial charge in [-0.15, -0.1) is 0 Å². The van der Waals surface area contributed by atoms with E-state index in [1.54, 1.807) is 26.4 Å². The molecule has 2 aromatic carbocycles. The molecular formula is C28H33N5O6S. The Balaban J connectivity index is 1.51. The van der Waals surface area contributed by atoms with Crippen molar-refractivity contribution in [2.45, 2.75) is 36.1 Å². The van der Waals surface area contributed by atoms with Crippen molar-refractivity contribution in [1.82, 2.24) is 15.1 Å². The Bertz CT molecular complexity index is 1440. The molecule has 0 unspecified atom stereocenters. The molecule has 4 rings (SSSR count). The molecule has 0 aliphatic carbocycles. The summed E-state index contributed by atoms with van der Waals surface area (Å²) in [5.74, 6) is 2.15. The van der Waals surface area contributed by atoms with E-state index in [0.717, 1.165) is 15.3 Å². The number of amides is 2. The Kier molecular flexibility index (Phi) is 9.80. The first-order valence-electron chi connectivity index (χ1n) is 12.6. The van der Waals surface area contributed by atoms with Crippen molar-refractivity contribution in [2.75, 3.05) is 51.3 Å². The number of fused-ring (bicyclic) bond motifs is 1. The summed E-state index contributed by atoms with van der Waals surface area (Å²) in [6.07, 6.45) is 1.51. The maximum absolute atomic E-state index is 12.6. The molecule has 12 heteroatoms. The number of carbonyl (C=O) groups excluding carboxylic acids is 1. The highest BCUT2D eigenvalue weighted by Crippen LogP contribution is 2.38. The quantitative estimate of drug-likeness (QED) is 0.161. The third-order valence-corrected chi connectivity index (χ3v) is 6.56. The number of ether oxygens (including phenoxy) is 4. The zero-order valence-electron chi connectivity index (χ0n) is 23.1. The largest absolute Gasteiger partial charge is 0.487 e. The number of hydrogen-bond acceptors (Lipinski definition) is 10.